The van der Waals surface area contributed by atoms with E-state index < -0.39 is 16.0 Å². The second kappa shape index (κ2) is 4.03. The SMILES string of the molecule is Cc1nc(Cl)nc(NCS(=O)(=O)O)n1. The van der Waals surface area contributed by atoms with E-state index in [9.17, 15) is 8.42 Å². The van der Waals surface area contributed by atoms with Crippen LogP contribution >= 0.6 is 11.6 Å². The summed E-state index contributed by atoms with van der Waals surface area (Å²) in [6, 6.07) is 0. The molecule has 0 aromatic carbocycles. The zero-order valence-electron chi connectivity index (χ0n) is 7.10. The lowest BCUT2D eigenvalue weighted by Gasteiger charge is -2.02. The van der Waals surface area contributed by atoms with Crippen LogP contribution in [0.25, 0.3) is 0 Å². The molecule has 0 amide bonds. The summed E-state index contributed by atoms with van der Waals surface area (Å²) in [6.07, 6.45) is 0. The molecule has 7 nitrogen and oxygen atoms in total. The average Bonchev–Trinajstić information content (AvgIpc) is 1.97. The van der Waals surface area contributed by atoms with Gasteiger partial charge < -0.3 is 5.32 Å². The molecule has 0 aliphatic carbocycles. The normalized spacial score (nSPS) is 11.4. The van der Waals surface area contributed by atoms with Gasteiger partial charge >= 0.3 is 0 Å². The molecule has 0 fully saturated rings. The van der Waals surface area contributed by atoms with Crippen molar-refractivity contribution in [2.24, 2.45) is 0 Å². The lowest BCUT2D eigenvalue weighted by molar-refractivity contribution is 0.485. The molecule has 78 valence electrons. The standard InChI is InChI=1S/C5H7ClN4O3S/c1-3-8-4(6)10-5(9-3)7-2-14(11,12)13/h2H2,1H3,(H,11,12,13)(H,7,8,9,10). The van der Waals surface area contributed by atoms with Crippen LogP contribution in [0.15, 0.2) is 0 Å². The highest BCUT2D eigenvalue weighted by Gasteiger charge is 2.06. The van der Waals surface area contributed by atoms with Crippen molar-refractivity contribution in [2.45, 2.75) is 6.92 Å². The van der Waals surface area contributed by atoms with Gasteiger partial charge in [0, 0.05) is 0 Å². The first-order chi connectivity index (χ1) is 6.37. The van der Waals surface area contributed by atoms with E-state index in [4.69, 9.17) is 16.2 Å². The molecule has 0 aliphatic heterocycles. The van der Waals surface area contributed by atoms with Crippen molar-refractivity contribution in [3.63, 3.8) is 0 Å². The first-order valence-corrected chi connectivity index (χ1v) is 5.43. The maximum Gasteiger partial charge on any atom is 0.283 e. The Balaban J connectivity index is 2.78. The number of halogens is 1. The Labute approximate surface area is 85.3 Å². The minimum atomic E-state index is -4.10. The van der Waals surface area contributed by atoms with E-state index in [2.05, 4.69) is 20.3 Å². The minimum Gasteiger partial charge on any atom is -0.338 e. The van der Waals surface area contributed by atoms with Gasteiger partial charge in [0.05, 0.1) is 0 Å². The smallest absolute Gasteiger partial charge is 0.283 e. The number of aromatic nitrogens is 3. The van der Waals surface area contributed by atoms with Gasteiger partial charge in [-0.05, 0) is 18.5 Å². The summed E-state index contributed by atoms with van der Waals surface area (Å²) in [5.74, 6) is -0.324. The van der Waals surface area contributed by atoms with Crippen LogP contribution in [-0.4, -0.2) is 33.8 Å². The van der Waals surface area contributed by atoms with Crippen molar-refractivity contribution < 1.29 is 13.0 Å². The molecule has 0 bridgehead atoms. The van der Waals surface area contributed by atoms with Crippen LogP contribution in [0, 0.1) is 6.92 Å². The fraction of sp³-hybridized carbons (Fsp3) is 0.400. The number of hydrogen-bond acceptors (Lipinski definition) is 6. The summed E-state index contributed by atoms with van der Waals surface area (Å²) in [5, 5.41) is 2.24. The Kier molecular flexibility index (Phi) is 3.19. The summed E-state index contributed by atoms with van der Waals surface area (Å²) >= 11 is 5.49. The van der Waals surface area contributed by atoms with Gasteiger partial charge in [-0.25, -0.2) is 4.98 Å². The Morgan fingerprint density at radius 3 is 2.57 bits per heavy atom. The number of anilines is 1. The molecule has 0 unspecified atom stereocenters. The summed E-state index contributed by atoms with van der Waals surface area (Å²) in [7, 11) is -4.10. The molecule has 2 N–H and O–H groups in total. The number of rotatable bonds is 3. The number of aryl methyl sites for hydroxylation is 1. The van der Waals surface area contributed by atoms with E-state index in [1.165, 1.54) is 0 Å². The Hall–Kier alpha value is -0.990. The van der Waals surface area contributed by atoms with Gasteiger partial charge in [-0.2, -0.15) is 18.4 Å². The second-order valence-electron chi connectivity index (χ2n) is 2.38. The predicted octanol–water partition coefficient (Wildman–Crippen LogP) is 0.0906. The summed E-state index contributed by atoms with van der Waals surface area (Å²) in [5.41, 5.74) is 0. The molecule has 1 rings (SSSR count). The molecular weight excluding hydrogens is 232 g/mol. The highest BCUT2D eigenvalue weighted by atomic mass is 35.5. The van der Waals surface area contributed by atoms with Gasteiger partial charge in [0.25, 0.3) is 10.1 Å². The third-order valence-corrected chi connectivity index (χ3v) is 1.81. The third-order valence-electron chi connectivity index (χ3n) is 1.13. The van der Waals surface area contributed by atoms with Gasteiger partial charge in [0.1, 0.15) is 11.7 Å². The quantitative estimate of drug-likeness (QED) is 0.719. The first-order valence-electron chi connectivity index (χ1n) is 3.44. The highest BCUT2D eigenvalue weighted by molar-refractivity contribution is 7.85. The molecule has 0 saturated heterocycles. The van der Waals surface area contributed by atoms with E-state index in [0.717, 1.165) is 0 Å². The molecule has 0 saturated carbocycles. The van der Waals surface area contributed by atoms with Crippen LogP contribution in [0.2, 0.25) is 5.28 Å². The maximum absolute atomic E-state index is 10.4. The molecule has 9 heteroatoms. The van der Waals surface area contributed by atoms with Crippen molar-refractivity contribution in [2.75, 3.05) is 11.2 Å². The number of nitrogens with one attached hydrogen (secondary N) is 1. The van der Waals surface area contributed by atoms with Crippen LogP contribution in [0.3, 0.4) is 0 Å². The largest absolute Gasteiger partial charge is 0.338 e. The van der Waals surface area contributed by atoms with Crippen molar-refractivity contribution in [1.29, 1.82) is 0 Å². The monoisotopic (exact) mass is 238 g/mol. The first kappa shape index (κ1) is 11.1. The van der Waals surface area contributed by atoms with Crippen LogP contribution in [0.4, 0.5) is 5.95 Å². The van der Waals surface area contributed by atoms with E-state index in [0.29, 0.717) is 5.82 Å². The third kappa shape index (κ3) is 3.81. The van der Waals surface area contributed by atoms with Gasteiger partial charge in [-0.15, -0.1) is 0 Å². The van der Waals surface area contributed by atoms with E-state index >= 15 is 0 Å². The average molecular weight is 239 g/mol. The van der Waals surface area contributed by atoms with Crippen LogP contribution in [-0.2, 0) is 10.1 Å². The number of hydrogen-bond donors (Lipinski definition) is 2. The molecular formula is C5H7ClN4O3S. The van der Waals surface area contributed by atoms with Crippen LogP contribution < -0.4 is 5.32 Å². The van der Waals surface area contributed by atoms with Crippen molar-refractivity contribution in [1.82, 2.24) is 15.0 Å². The van der Waals surface area contributed by atoms with Crippen molar-refractivity contribution >= 4 is 27.7 Å². The summed E-state index contributed by atoms with van der Waals surface area (Å²) in [6.45, 7) is 1.58. The molecule has 0 aliphatic rings. The summed E-state index contributed by atoms with van der Waals surface area (Å²) < 4.78 is 29.1. The topological polar surface area (TPSA) is 105 Å². The molecule has 0 radical (unpaired) electrons. The molecule has 0 atom stereocenters. The number of nitrogens with zero attached hydrogens (tertiary/aromatic N) is 3. The Morgan fingerprint density at radius 2 is 2.07 bits per heavy atom. The highest BCUT2D eigenvalue weighted by Crippen LogP contribution is 2.04. The lowest BCUT2D eigenvalue weighted by atomic mass is 10.7. The van der Waals surface area contributed by atoms with Crippen molar-refractivity contribution in [3.8, 4) is 0 Å². The van der Waals surface area contributed by atoms with E-state index in [-0.39, 0.29) is 11.2 Å². The molecule has 14 heavy (non-hydrogen) atoms. The maximum atomic E-state index is 10.4. The Bertz CT molecular complexity index is 414. The fourth-order valence-corrected chi connectivity index (χ4v) is 1.20. The molecule has 0 spiro atoms. The zero-order valence-corrected chi connectivity index (χ0v) is 8.67. The van der Waals surface area contributed by atoms with E-state index in [1.807, 2.05) is 0 Å². The van der Waals surface area contributed by atoms with Crippen LogP contribution in [0.5, 0.6) is 0 Å². The van der Waals surface area contributed by atoms with Crippen LogP contribution in [0.1, 0.15) is 5.82 Å². The minimum absolute atomic E-state index is 0.000116. The molecule has 1 aromatic heterocycles. The fourth-order valence-electron chi connectivity index (χ4n) is 0.684. The molecule has 1 aromatic rings. The predicted molar refractivity (Wildman–Crippen MR) is 49.6 cm³/mol. The Morgan fingerprint density at radius 1 is 1.43 bits per heavy atom. The van der Waals surface area contributed by atoms with Gasteiger partial charge in [0.15, 0.2) is 0 Å². The van der Waals surface area contributed by atoms with Gasteiger partial charge in [0.2, 0.25) is 11.2 Å². The zero-order chi connectivity index (χ0) is 10.8. The lowest BCUT2D eigenvalue weighted by Crippen LogP contribution is -2.15. The van der Waals surface area contributed by atoms with E-state index in [1.54, 1.807) is 6.92 Å². The van der Waals surface area contributed by atoms with Crippen molar-refractivity contribution in [3.05, 3.63) is 11.1 Å². The second-order valence-corrected chi connectivity index (χ2v) is 4.17. The van der Waals surface area contributed by atoms with Gasteiger partial charge in [-0.1, -0.05) is 0 Å². The van der Waals surface area contributed by atoms with Gasteiger partial charge in [-0.3, -0.25) is 4.55 Å². The molecule has 1 heterocycles. The summed E-state index contributed by atoms with van der Waals surface area (Å²) in [4.78, 5) is 11.0.